The molecule has 0 aromatic heterocycles. The van der Waals surface area contributed by atoms with Gasteiger partial charge in [-0.2, -0.15) is 0 Å². The van der Waals surface area contributed by atoms with Crippen molar-refractivity contribution in [1.82, 2.24) is 10.2 Å². The molecule has 0 spiro atoms. The number of anilines is 1. The van der Waals surface area contributed by atoms with E-state index in [1.165, 1.54) is 0 Å². The summed E-state index contributed by atoms with van der Waals surface area (Å²) in [5, 5.41) is 3.79. The lowest BCUT2D eigenvalue weighted by Crippen LogP contribution is -2.46. The Balaban J connectivity index is 1.54. The molecule has 28 heavy (non-hydrogen) atoms. The third-order valence-corrected chi connectivity index (χ3v) is 5.67. The average molecular weight is 420 g/mol. The smallest absolute Gasteiger partial charge is 0.253 e. The number of halogens is 2. The van der Waals surface area contributed by atoms with E-state index in [0.717, 1.165) is 5.69 Å². The van der Waals surface area contributed by atoms with Crippen LogP contribution in [0.25, 0.3) is 0 Å². The zero-order valence-electron chi connectivity index (χ0n) is 15.9. The van der Waals surface area contributed by atoms with Crippen LogP contribution in [0.5, 0.6) is 0 Å². The van der Waals surface area contributed by atoms with Crippen LogP contribution < -0.4 is 10.2 Å². The zero-order valence-corrected chi connectivity index (χ0v) is 17.4. The van der Waals surface area contributed by atoms with Crippen molar-refractivity contribution in [2.75, 3.05) is 32.1 Å². The molecule has 7 heteroatoms. The van der Waals surface area contributed by atoms with E-state index in [2.05, 4.69) is 5.32 Å². The molecule has 1 aliphatic heterocycles. The number of carbonyl (C=O) groups excluding carboxylic acids is 2. The van der Waals surface area contributed by atoms with Gasteiger partial charge in [-0.1, -0.05) is 23.2 Å². The summed E-state index contributed by atoms with van der Waals surface area (Å²) < 4.78 is 0. The quantitative estimate of drug-likeness (QED) is 0.811. The van der Waals surface area contributed by atoms with Crippen molar-refractivity contribution in [1.29, 1.82) is 0 Å². The van der Waals surface area contributed by atoms with Gasteiger partial charge >= 0.3 is 0 Å². The number of hydrogen-bond donors (Lipinski definition) is 1. The van der Waals surface area contributed by atoms with E-state index in [1.54, 1.807) is 18.2 Å². The summed E-state index contributed by atoms with van der Waals surface area (Å²) in [6.07, 6.45) is 1.43. The predicted molar refractivity (Wildman–Crippen MR) is 114 cm³/mol. The minimum absolute atomic E-state index is 0.0274. The van der Waals surface area contributed by atoms with Gasteiger partial charge in [0.15, 0.2) is 0 Å². The van der Waals surface area contributed by atoms with Gasteiger partial charge in [0.25, 0.3) is 11.8 Å². The molecule has 0 saturated carbocycles. The van der Waals surface area contributed by atoms with E-state index in [1.807, 2.05) is 48.2 Å². The molecule has 1 fully saturated rings. The van der Waals surface area contributed by atoms with E-state index < -0.39 is 0 Å². The van der Waals surface area contributed by atoms with Crippen molar-refractivity contribution in [2.24, 2.45) is 0 Å². The number of carbonyl (C=O) groups is 2. The molecule has 0 radical (unpaired) electrons. The molecule has 5 nitrogen and oxygen atoms in total. The van der Waals surface area contributed by atoms with Crippen LogP contribution in [0.15, 0.2) is 42.5 Å². The second-order valence-electron chi connectivity index (χ2n) is 7.11. The molecule has 0 bridgehead atoms. The van der Waals surface area contributed by atoms with Crippen LogP contribution in [-0.4, -0.2) is 49.9 Å². The molecular weight excluding hydrogens is 397 g/mol. The largest absolute Gasteiger partial charge is 0.378 e. The first-order valence-electron chi connectivity index (χ1n) is 9.17. The van der Waals surface area contributed by atoms with Crippen LogP contribution in [0.3, 0.4) is 0 Å². The molecule has 2 amide bonds. The van der Waals surface area contributed by atoms with E-state index in [9.17, 15) is 9.59 Å². The molecule has 0 atom stereocenters. The Morgan fingerprint density at radius 3 is 2.14 bits per heavy atom. The van der Waals surface area contributed by atoms with Gasteiger partial charge < -0.3 is 15.1 Å². The van der Waals surface area contributed by atoms with Gasteiger partial charge in [0.05, 0.1) is 10.0 Å². The summed E-state index contributed by atoms with van der Waals surface area (Å²) >= 11 is 11.9. The van der Waals surface area contributed by atoms with Crippen molar-refractivity contribution in [2.45, 2.75) is 18.9 Å². The molecule has 148 valence electrons. The zero-order chi connectivity index (χ0) is 20.3. The van der Waals surface area contributed by atoms with Gasteiger partial charge in [-0.3, -0.25) is 9.59 Å². The van der Waals surface area contributed by atoms with Gasteiger partial charge in [0.1, 0.15) is 0 Å². The fraction of sp³-hybridized carbons (Fsp3) is 0.333. The Kier molecular flexibility index (Phi) is 6.47. The summed E-state index contributed by atoms with van der Waals surface area (Å²) in [5.41, 5.74) is 2.22. The second kappa shape index (κ2) is 8.84. The Morgan fingerprint density at radius 2 is 1.57 bits per heavy atom. The van der Waals surface area contributed by atoms with Crippen LogP contribution in [0.2, 0.25) is 10.0 Å². The normalized spacial score (nSPS) is 14.6. The average Bonchev–Trinajstić information content (AvgIpc) is 2.70. The number of nitrogens with one attached hydrogen (secondary N) is 1. The van der Waals surface area contributed by atoms with Gasteiger partial charge in [0.2, 0.25) is 0 Å². The van der Waals surface area contributed by atoms with E-state index in [-0.39, 0.29) is 17.9 Å². The Hall–Kier alpha value is -2.24. The van der Waals surface area contributed by atoms with Crippen molar-refractivity contribution >= 4 is 40.7 Å². The summed E-state index contributed by atoms with van der Waals surface area (Å²) in [4.78, 5) is 28.9. The SMILES string of the molecule is CN(C)c1ccc(C(=O)N2CCC(NC(=O)c3ccc(Cl)c(Cl)c3)CC2)cc1. The maximum absolute atomic E-state index is 12.7. The first kappa shape index (κ1) is 20.5. The monoisotopic (exact) mass is 419 g/mol. The number of benzene rings is 2. The number of likely N-dealkylation sites (tertiary alicyclic amines) is 1. The Bertz CT molecular complexity index is 860. The maximum atomic E-state index is 12.7. The molecule has 0 unspecified atom stereocenters. The van der Waals surface area contributed by atoms with E-state index >= 15 is 0 Å². The van der Waals surface area contributed by atoms with Crippen LogP contribution in [0.4, 0.5) is 5.69 Å². The molecule has 1 saturated heterocycles. The van der Waals surface area contributed by atoms with E-state index in [4.69, 9.17) is 23.2 Å². The fourth-order valence-electron chi connectivity index (χ4n) is 3.22. The molecule has 2 aromatic rings. The van der Waals surface area contributed by atoms with Crippen molar-refractivity contribution in [3.8, 4) is 0 Å². The van der Waals surface area contributed by atoms with Crippen LogP contribution in [-0.2, 0) is 0 Å². The molecule has 1 heterocycles. The highest BCUT2D eigenvalue weighted by Crippen LogP contribution is 2.23. The van der Waals surface area contributed by atoms with Gasteiger partial charge in [-0.15, -0.1) is 0 Å². The van der Waals surface area contributed by atoms with Gasteiger partial charge in [-0.25, -0.2) is 0 Å². The third kappa shape index (κ3) is 4.78. The molecular formula is C21H23Cl2N3O2. The first-order valence-corrected chi connectivity index (χ1v) is 9.93. The van der Waals surface area contributed by atoms with Gasteiger partial charge in [0, 0.05) is 50.0 Å². The van der Waals surface area contributed by atoms with Crippen LogP contribution in [0.1, 0.15) is 33.6 Å². The molecule has 0 aliphatic carbocycles. The van der Waals surface area contributed by atoms with E-state index in [0.29, 0.717) is 47.1 Å². The third-order valence-electron chi connectivity index (χ3n) is 4.93. The van der Waals surface area contributed by atoms with Crippen molar-refractivity contribution in [3.05, 3.63) is 63.6 Å². The molecule has 1 N–H and O–H groups in total. The first-order chi connectivity index (χ1) is 13.3. The van der Waals surface area contributed by atoms with Crippen molar-refractivity contribution < 1.29 is 9.59 Å². The summed E-state index contributed by atoms with van der Waals surface area (Å²) in [5.74, 6) is -0.151. The lowest BCUT2D eigenvalue weighted by atomic mass is 10.0. The number of amides is 2. The maximum Gasteiger partial charge on any atom is 0.253 e. The Labute approximate surface area is 175 Å². The highest BCUT2D eigenvalue weighted by Gasteiger charge is 2.25. The predicted octanol–water partition coefficient (Wildman–Crippen LogP) is 4.09. The Morgan fingerprint density at radius 1 is 0.964 bits per heavy atom. The summed E-state index contributed by atoms with van der Waals surface area (Å²) in [6, 6.07) is 12.5. The van der Waals surface area contributed by atoms with Crippen LogP contribution >= 0.6 is 23.2 Å². The minimum Gasteiger partial charge on any atom is -0.378 e. The van der Waals surface area contributed by atoms with Gasteiger partial charge in [-0.05, 0) is 55.3 Å². The molecule has 2 aromatic carbocycles. The minimum atomic E-state index is -0.178. The highest BCUT2D eigenvalue weighted by molar-refractivity contribution is 6.42. The lowest BCUT2D eigenvalue weighted by molar-refractivity contribution is 0.0698. The number of hydrogen-bond acceptors (Lipinski definition) is 3. The summed E-state index contributed by atoms with van der Waals surface area (Å²) in [7, 11) is 3.93. The summed E-state index contributed by atoms with van der Waals surface area (Å²) in [6.45, 7) is 1.22. The standard InChI is InChI=1S/C21H23Cl2N3O2/c1-25(2)17-6-3-14(4-7-17)21(28)26-11-9-16(10-12-26)24-20(27)15-5-8-18(22)19(23)13-15/h3-8,13,16H,9-12H2,1-2H3,(H,24,27). The van der Waals surface area contributed by atoms with Crippen LogP contribution in [0, 0.1) is 0 Å². The second-order valence-corrected chi connectivity index (χ2v) is 7.92. The van der Waals surface area contributed by atoms with Crippen molar-refractivity contribution in [3.63, 3.8) is 0 Å². The highest BCUT2D eigenvalue weighted by atomic mass is 35.5. The lowest BCUT2D eigenvalue weighted by Gasteiger charge is -2.32. The topological polar surface area (TPSA) is 52.7 Å². The molecule has 3 rings (SSSR count). The molecule has 1 aliphatic rings. The number of rotatable bonds is 4. The number of piperidine rings is 1. The fourth-order valence-corrected chi connectivity index (χ4v) is 3.52. The number of nitrogens with zero attached hydrogens (tertiary/aromatic N) is 2.